The fourth-order valence-electron chi connectivity index (χ4n) is 1.27. The summed E-state index contributed by atoms with van der Waals surface area (Å²) in [7, 11) is 0. The number of thiophene rings is 1. The summed E-state index contributed by atoms with van der Waals surface area (Å²) in [6, 6.07) is 2.56. The summed E-state index contributed by atoms with van der Waals surface area (Å²) in [4.78, 5) is 1.34. The van der Waals surface area contributed by atoms with E-state index in [2.05, 4.69) is 46.5 Å². The van der Waals surface area contributed by atoms with E-state index in [0.29, 0.717) is 18.5 Å². The Kier molecular flexibility index (Phi) is 5.09. The molecule has 4 heteroatoms. The molecule has 0 radical (unpaired) electrons. The smallest absolute Gasteiger partial charge is 0.0303 e. The molecule has 1 unspecified atom stereocenters. The van der Waals surface area contributed by atoms with Crippen molar-refractivity contribution in [1.82, 2.24) is 5.32 Å². The van der Waals surface area contributed by atoms with Crippen molar-refractivity contribution in [2.45, 2.75) is 26.4 Å². The Hall–Kier alpha value is 0.1000. The molecule has 1 aromatic rings. The zero-order valence-corrected chi connectivity index (χ0v) is 11.0. The maximum absolute atomic E-state index is 5.67. The molecule has 1 aromatic heterocycles. The molecule has 1 rings (SSSR count). The van der Waals surface area contributed by atoms with Gasteiger partial charge in [-0.2, -0.15) is 0 Å². The van der Waals surface area contributed by atoms with E-state index < -0.39 is 0 Å². The monoisotopic (exact) mass is 276 g/mol. The van der Waals surface area contributed by atoms with Crippen LogP contribution in [0.5, 0.6) is 0 Å². The van der Waals surface area contributed by atoms with Crippen LogP contribution in [0.25, 0.3) is 0 Å². The van der Waals surface area contributed by atoms with Gasteiger partial charge in [-0.05, 0) is 27.9 Å². The maximum atomic E-state index is 5.67. The van der Waals surface area contributed by atoms with Crippen LogP contribution in [0.4, 0.5) is 0 Å². The SMILES string of the molecule is CC(C)C(CN)NCc1cc(Br)cs1. The van der Waals surface area contributed by atoms with Crippen LogP contribution in [0.15, 0.2) is 15.9 Å². The summed E-state index contributed by atoms with van der Waals surface area (Å²) in [5.74, 6) is 0.586. The second kappa shape index (κ2) is 5.85. The number of rotatable bonds is 5. The molecule has 0 fully saturated rings. The molecule has 80 valence electrons. The van der Waals surface area contributed by atoms with Gasteiger partial charge in [0.05, 0.1) is 0 Å². The van der Waals surface area contributed by atoms with Gasteiger partial charge in [-0.25, -0.2) is 0 Å². The Morgan fingerprint density at radius 1 is 1.57 bits per heavy atom. The van der Waals surface area contributed by atoms with Crippen molar-refractivity contribution in [1.29, 1.82) is 0 Å². The van der Waals surface area contributed by atoms with Crippen LogP contribution in [-0.4, -0.2) is 12.6 Å². The van der Waals surface area contributed by atoms with Crippen molar-refractivity contribution in [2.24, 2.45) is 11.7 Å². The van der Waals surface area contributed by atoms with Crippen LogP contribution in [0, 0.1) is 5.92 Å². The lowest BCUT2D eigenvalue weighted by molar-refractivity contribution is 0.406. The van der Waals surface area contributed by atoms with Crippen molar-refractivity contribution in [2.75, 3.05) is 6.54 Å². The molecule has 1 heterocycles. The Bertz CT molecular complexity index is 273. The zero-order valence-electron chi connectivity index (χ0n) is 8.59. The van der Waals surface area contributed by atoms with Crippen LogP contribution in [0.2, 0.25) is 0 Å². The molecular formula is C10H17BrN2S. The highest BCUT2D eigenvalue weighted by molar-refractivity contribution is 9.10. The Labute approximate surface area is 98.0 Å². The molecule has 0 aliphatic carbocycles. The number of halogens is 1. The van der Waals surface area contributed by atoms with E-state index in [-0.39, 0.29) is 0 Å². The molecule has 0 bridgehead atoms. The van der Waals surface area contributed by atoms with Gasteiger partial charge in [0.25, 0.3) is 0 Å². The van der Waals surface area contributed by atoms with Gasteiger partial charge in [0.1, 0.15) is 0 Å². The predicted molar refractivity (Wildman–Crippen MR) is 66.5 cm³/mol. The summed E-state index contributed by atoms with van der Waals surface area (Å²) in [5, 5.41) is 5.56. The van der Waals surface area contributed by atoms with Crippen molar-refractivity contribution in [3.05, 3.63) is 20.8 Å². The average molecular weight is 277 g/mol. The van der Waals surface area contributed by atoms with E-state index in [0.717, 1.165) is 11.0 Å². The molecule has 3 N–H and O–H groups in total. The number of nitrogens with two attached hydrogens (primary N) is 1. The second-order valence-electron chi connectivity index (χ2n) is 3.70. The van der Waals surface area contributed by atoms with Gasteiger partial charge in [-0.3, -0.25) is 0 Å². The molecule has 1 atom stereocenters. The molecule has 0 aromatic carbocycles. The summed E-state index contributed by atoms with van der Waals surface area (Å²) in [6.45, 7) is 5.99. The molecule has 14 heavy (non-hydrogen) atoms. The first kappa shape index (κ1) is 12.2. The van der Waals surface area contributed by atoms with Gasteiger partial charge < -0.3 is 11.1 Å². The Morgan fingerprint density at radius 3 is 2.71 bits per heavy atom. The minimum absolute atomic E-state index is 0.413. The molecule has 2 nitrogen and oxygen atoms in total. The minimum atomic E-state index is 0.413. The molecule has 0 aliphatic heterocycles. The van der Waals surface area contributed by atoms with Crippen molar-refractivity contribution < 1.29 is 0 Å². The molecule has 0 amide bonds. The van der Waals surface area contributed by atoms with Crippen LogP contribution < -0.4 is 11.1 Å². The van der Waals surface area contributed by atoms with E-state index in [9.17, 15) is 0 Å². The van der Waals surface area contributed by atoms with Crippen LogP contribution in [0.1, 0.15) is 18.7 Å². The average Bonchev–Trinajstić information content (AvgIpc) is 2.52. The Morgan fingerprint density at radius 2 is 2.29 bits per heavy atom. The Balaban J connectivity index is 2.39. The number of nitrogens with one attached hydrogen (secondary N) is 1. The standard InChI is InChI=1S/C10H17BrN2S/c1-7(2)10(4-12)13-5-9-3-8(11)6-14-9/h3,6-7,10,13H,4-5,12H2,1-2H3. The fourth-order valence-corrected chi connectivity index (χ4v) is 2.67. The van der Waals surface area contributed by atoms with E-state index in [1.165, 1.54) is 4.88 Å². The lowest BCUT2D eigenvalue weighted by atomic mass is 10.1. The first-order valence-corrected chi connectivity index (χ1v) is 6.47. The van der Waals surface area contributed by atoms with Gasteiger partial charge in [-0.1, -0.05) is 13.8 Å². The third-order valence-electron chi connectivity index (χ3n) is 2.22. The van der Waals surface area contributed by atoms with Crippen molar-refractivity contribution in [3.63, 3.8) is 0 Å². The van der Waals surface area contributed by atoms with Gasteiger partial charge in [0, 0.05) is 33.9 Å². The first-order chi connectivity index (χ1) is 6.63. The highest BCUT2D eigenvalue weighted by Crippen LogP contribution is 2.19. The molecule has 0 spiro atoms. The van der Waals surface area contributed by atoms with Gasteiger partial charge in [0.15, 0.2) is 0 Å². The van der Waals surface area contributed by atoms with E-state index >= 15 is 0 Å². The highest BCUT2D eigenvalue weighted by Gasteiger charge is 2.10. The van der Waals surface area contributed by atoms with Gasteiger partial charge >= 0.3 is 0 Å². The summed E-state index contributed by atoms with van der Waals surface area (Å²) >= 11 is 5.21. The lowest BCUT2D eigenvalue weighted by Crippen LogP contribution is -2.39. The third-order valence-corrected chi connectivity index (χ3v) is 3.92. The predicted octanol–water partition coefficient (Wildman–Crippen LogP) is 2.58. The quantitative estimate of drug-likeness (QED) is 0.868. The fraction of sp³-hybridized carbons (Fsp3) is 0.600. The molecule has 0 saturated heterocycles. The first-order valence-electron chi connectivity index (χ1n) is 4.80. The lowest BCUT2D eigenvalue weighted by Gasteiger charge is -2.19. The van der Waals surface area contributed by atoms with E-state index in [1.807, 2.05) is 0 Å². The largest absolute Gasteiger partial charge is 0.329 e. The van der Waals surface area contributed by atoms with Gasteiger partial charge in [-0.15, -0.1) is 11.3 Å². The summed E-state index contributed by atoms with van der Waals surface area (Å²) in [6.07, 6.45) is 0. The minimum Gasteiger partial charge on any atom is -0.329 e. The van der Waals surface area contributed by atoms with Crippen LogP contribution in [-0.2, 0) is 6.54 Å². The third kappa shape index (κ3) is 3.69. The van der Waals surface area contributed by atoms with Crippen molar-refractivity contribution >= 4 is 27.3 Å². The summed E-state index contributed by atoms with van der Waals surface area (Å²) < 4.78 is 1.16. The molecular weight excluding hydrogens is 260 g/mol. The number of hydrogen-bond acceptors (Lipinski definition) is 3. The topological polar surface area (TPSA) is 38.0 Å². The second-order valence-corrected chi connectivity index (χ2v) is 5.61. The summed E-state index contributed by atoms with van der Waals surface area (Å²) in [5.41, 5.74) is 5.67. The molecule has 0 aliphatic rings. The van der Waals surface area contributed by atoms with Crippen LogP contribution >= 0.6 is 27.3 Å². The molecule has 0 saturated carbocycles. The highest BCUT2D eigenvalue weighted by atomic mass is 79.9. The maximum Gasteiger partial charge on any atom is 0.0303 e. The van der Waals surface area contributed by atoms with Gasteiger partial charge in [0.2, 0.25) is 0 Å². The number of hydrogen-bond donors (Lipinski definition) is 2. The normalized spacial score (nSPS) is 13.5. The van der Waals surface area contributed by atoms with Crippen molar-refractivity contribution in [3.8, 4) is 0 Å². The van der Waals surface area contributed by atoms with E-state index in [1.54, 1.807) is 11.3 Å². The zero-order chi connectivity index (χ0) is 10.6. The van der Waals surface area contributed by atoms with E-state index in [4.69, 9.17) is 5.73 Å². The van der Waals surface area contributed by atoms with Crippen LogP contribution in [0.3, 0.4) is 0 Å².